The molecule has 1 atom stereocenters. The van der Waals surface area contributed by atoms with Crippen molar-refractivity contribution < 1.29 is 14.4 Å². The molecule has 2 aliphatic rings. The zero-order valence-corrected chi connectivity index (χ0v) is 9.85. The third-order valence-corrected chi connectivity index (χ3v) is 3.47. The van der Waals surface area contributed by atoms with Crippen LogP contribution in [0.5, 0.6) is 0 Å². The fourth-order valence-electron chi connectivity index (χ4n) is 2.23. The molecular weight excluding hydrogens is 220 g/mol. The van der Waals surface area contributed by atoms with E-state index >= 15 is 0 Å². The van der Waals surface area contributed by atoms with Crippen molar-refractivity contribution in [1.29, 1.82) is 0 Å². The number of likely N-dealkylation sites (tertiary alicyclic amines) is 1. The van der Waals surface area contributed by atoms with Gasteiger partial charge in [0, 0.05) is 25.1 Å². The molecule has 1 aromatic heterocycles. The van der Waals surface area contributed by atoms with Crippen molar-refractivity contribution in [3.63, 3.8) is 0 Å². The summed E-state index contributed by atoms with van der Waals surface area (Å²) in [5.74, 6) is 1.14. The van der Waals surface area contributed by atoms with Crippen molar-refractivity contribution >= 4 is 5.91 Å². The number of amides is 1. The van der Waals surface area contributed by atoms with Gasteiger partial charge in [0.05, 0.1) is 5.60 Å². The van der Waals surface area contributed by atoms with Crippen LogP contribution in [0, 0.1) is 0 Å². The van der Waals surface area contributed by atoms with E-state index in [1.165, 1.54) is 0 Å². The van der Waals surface area contributed by atoms with Crippen molar-refractivity contribution in [1.82, 2.24) is 10.1 Å². The quantitative estimate of drug-likeness (QED) is 0.836. The van der Waals surface area contributed by atoms with Gasteiger partial charge in [-0.05, 0) is 26.2 Å². The van der Waals surface area contributed by atoms with Gasteiger partial charge in [-0.2, -0.15) is 0 Å². The maximum Gasteiger partial charge on any atom is 0.276 e. The molecule has 1 saturated heterocycles. The molecule has 1 aliphatic heterocycles. The van der Waals surface area contributed by atoms with Crippen LogP contribution in [0.4, 0.5) is 0 Å². The summed E-state index contributed by atoms with van der Waals surface area (Å²) in [4.78, 5) is 13.7. The largest absolute Gasteiger partial charge is 0.388 e. The van der Waals surface area contributed by atoms with E-state index in [-0.39, 0.29) is 5.91 Å². The van der Waals surface area contributed by atoms with E-state index in [2.05, 4.69) is 5.16 Å². The Morgan fingerprint density at radius 2 is 2.41 bits per heavy atom. The first-order valence-corrected chi connectivity index (χ1v) is 6.03. The second-order valence-electron chi connectivity index (χ2n) is 5.36. The molecule has 5 nitrogen and oxygen atoms in total. The monoisotopic (exact) mass is 236 g/mol. The molecule has 17 heavy (non-hydrogen) atoms. The molecule has 5 heteroatoms. The average Bonchev–Trinajstić information content (AvgIpc) is 2.89. The number of rotatable bonds is 2. The summed E-state index contributed by atoms with van der Waals surface area (Å²) < 4.78 is 5.16. The van der Waals surface area contributed by atoms with Crippen LogP contribution in [0.25, 0.3) is 0 Å². The Morgan fingerprint density at radius 3 is 3.00 bits per heavy atom. The van der Waals surface area contributed by atoms with Crippen LogP contribution in [-0.4, -0.2) is 39.8 Å². The van der Waals surface area contributed by atoms with E-state index in [9.17, 15) is 9.90 Å². The number of hydrogen-bond acceptors (Lipinski definition) is 4. The third kappa shape index (κ3) is 2.07. The van der Waals surface area contributed by atoms with E-state index in [4.69, 9.17) is 4.52 Å². The van der Waals surface area contributed by atoms with Crippen LogP contribution < -0.4 is 0 Å². The topological polar surface area (TPSA) is 66.6 Å². The highest BCUT2D eigenvalue weighted by Gasteiger charge is 2.36. The summed E-state index contributed by atoms with van der Waals surface area (Å²) in [6, 6.07) is 1.74. The van der Waals surface area contributed by atoms with Crippen molar-refractivity contribution in [3.05, 3.63) is 17.5 Å². The van der Waals surface area contributed by atoms with Gasteiger partial charge in [-0.15, -0.1) is 0 Å². The van der Waals surface area contributed by atoms with Gasteiger partial charge < -0.3 is 14.5 Å². The van der Waals surface area contributed by atoms with Gasteiger partial charge in [0.15, 0.2) is 5.69 Å². The van der Waals surface area contributed by atoms with Crippen molar-refractivity contribution in [2.75, 3.05) is 13.1 Å². The Labute approximate surface area is 99.4 Å². The fraction of sp³-hybridized carbons (Fsp3) is 0.667. The molecule has 3 rings (SSSR count). The van der Waals surface area contributed by atoms with Gasteiger partial charge in [0.2, 0.25) is 0 Å². The smallest absolute Gasteiger partial charge is 0.276 e. The zero-order valence-electron chi connectivity index (χ0n) is 9.85. The number of β-amino-alcohol motifs (C(OH)–C–C–N with tert-alkyl or cyclic N) is 1. The molecule has 2 fully saturated rings. The molecule has 1 N–H and O–H groups in total. The number of carbonyl (C=O) groups is 1. The molecule has 1 amide bonds. The van der Waals surface area contributed by atoms with Crippen molar-refractivity contribution in [2.45, 2.75) is 37.7 Å². The SMILES string of the molecule is CC1(O)CCN(C(=O)c2cc(C3CC3)on2)C1. The lowest BCUT2D eigenvalue weighted by atomic mass is 10.1. The summed E-state index contributed by atoms with van der Waals surface area (Å²) in [7, 11) is 0. The zero-order chi connectivity index (χ0) is 12.0. The van der Waals surface area contributed by atoms with Crippen molar-refractivity contribution in [3.8, 4) is 0 Å². The van der Waals surface area contributed by atoms with Gasteiger partial charge in [-0.3, -0.25) is 4.79 Å². The highest BCUT2D eigenvalue weighted by atomic mass is 16.5. The fourth-order valence-corrected chi connectivity index (χ4v) is 2.23. The highest BCUT2D eigenvalue weighted by Crippen LogP contribution is 2.40. The molecule has 0 bridgehead atoms. The first-order chi connectivity index (χ1) is 8.05. The van der Waals surface area contributed by atoms with Gasteiger partial charge in [-0.25, -0.2) is 0 Å². The number of carbonyl (C=O) groups excluding carboxylic acids is 1. The molecule has 0 radical (unpaired) electrons. The second kappa shape index (κ2) is 3.57. The van der Waals surface area contributed by atoms with E-state index in [1.807, 2.05) is 0 Å². The summed E-state index contributed by atoms with van der Waals surface area (Å²) in [6.45, 7) is 2.70. The van der Waals surface area contributed by atoms with Gasteiger partial charge in [0.25, 0.3) is 5.91 Å². The first kappa shape index (κ1) is 10.8. The van der Waals surface area contributed by atoms with E-state index < -0.39 is 5.60 Å². The predicted molar refractivity (Wildman–Crippen MR) is 59.6 cm³/mol. The minimum Gasteiger partial charge on any atom is -0.388 e. The summed E-state index contributed by atoms with van der Waals surface area (Å²) >= 11 is 0. The summed E-state index contributed by atoms with van der Waals surface area (Å²) in [6.07, 6.45) is 2.87. The molecule has 0 aromatic carbocycles. The Morgan fingerprint density at radius 1 is 1.65 bits per heavy atom. The normalized spacial score (nSPS) is 28.7. The standard InChI is InChI=1S/C12H16N2O3/c1-12(16)4-5-14(7-12)11(15)9-6-10(17-13-9)8-2-3-8/h6,8,16H,2-5,7H2,1H3. The lowest BCUT2D eigenvalue weighted by molar-refractivity contribution is 0.0566. The van der Waals surface area contributed by atoms with Gasteiger partial charge >= 0.3 is 0 Å². The predicted octanol–water partition coefficient (Wildman–Crippen LogP) is 1.15. The van der Waals surface area contributed by atoms with E-state index in [1.54, 1.807) is 17.9 Å². The Bertz CT molecular complexity index is 448. The second-order valence-corrected chi connectivity index (χ2v) is 5.36. The molecule has 1 aromatic rings. The van der Waals surface area contributed by atoms with Crippen LogP contribution in [0.15, 0.2) is 10.6 Å². The molecule has 2 heterocycles. The third-order valence-electron chi connectivity index (χ3n) is 3.47. The van der Waals surface area contributed by atoms with Crippen LogP contribution in [0.1, 0.15) is 48.4 Å². The average molecular weight is 236 g/mol. The molecule has 0 spiro atoms. The maximum atomic E-state index is 12.1. The molecule has 92 valence electrons. The van der Waals surface area contributed by atoms with E-state index in [0.717, 1.165) is 18.6 Å². The summed E-state index contributed by atoms with van der Waals surface area (Å²) in [5.41, 5.74) is -0.400. The number of aliphatic hydroxyl groups is 1. The lowest BCUT2D eigenvalue weighted by Gasteiger charge is -2.17. The Balaban J connectivity index is 1.72. The number of nitrogens with zero attached hydrogens (tertiary/aromatic N) is 2. The molecule has 1 unspecified atom stereocenters. The minimum atomic E-state index is -0.765. The lowest BCUT2D eigenvalue weighted by Crippen LogP contribution is -2.34. The molecular formula is C12H16N2O3. The van der Waals surface area contributed by atoms with Crippen LogP contribution in [-0.2, 0) is 0 Å². The minimum absolute atomic E-state index is 0.140. The maximum absolute atomic E-state index is 12.1. The van der Waals surface area contributed by atoms with Gasteiger partial charge in [-0.1, -0.05) is 5.16 Å². The molecule has 1 aliphatic carbocycles. The van der Waals surface area contributed by atoms with Crippen molar-refractivity contribution in [2.24, 2.45) is 0 Å². The van der Waals surface area contributed by atoms with Gasteiger partial charge in [0.1, 0.15) is 5.76 Å². The van der Waals surface area contributed by atoms with E-state index in [0.29, 0.717) is 31.1 Å². The first-order valence-electron chi connectivity index (χ1n) is 6.03. The molecule has 1 saturated carbocycles. The Hall–Kier alpha value is -1.36. The highest BCUT2D eigenvalue weighted by molar-refractivity contribution is 5.92. The summed E-state index contributed by atoms with van der Waals surface area (Å²) in [5, 5.41) is 13.6. The van der Waals surface area contributed by atoms with Crippen LogP contribution >= 0.6 is 0 Å². The van der Waals surface area contributed by atoms with Crippen LogP contribution in [0.3, 0.4) is 0 Å². The Kier molecular flexibility index (Phi) is 2.26. The number of aromatic nitrogens is 1. The van der Waals surface area contributed by atoms with Crippen LogP contribution in [0.2, 0.25) is 0 Å². The number of hydrogen-bond donors (Lipinski definition) is 1.